The lowest BCUT2D eigenvalue weighted by Gasteiger charge is -2.05. The van der Waals surface area contributed by atoms with Crippen LogP contribution in [0, 0.1) is 0 Å². The van der Waals surface area contributed by atoms with Crippen LogP contribution in [0.3, 0.4) is 0 Å². The monoisotopic (exact) mass is 290 g/mol. The lowest BCUT2D eigenvalue weighted by atomic mass is 10.2. The average Bonchev–Trinajstić information content (AvgIpc) is 2.48. The van der Waals surface area contributed by atoms with Gasteiger partial charge in [0.15, 0.2) is 0 Å². The molecule has 0 aliphatic rings. The van der Waals surface area contributed by atoms with E-state index >= 15 is 0 Å². The molecule has 0 bridgehead atoms. The predicted molar refractivity (Wildman–Crippen MR) is 75.9 cm³/mol. The Kier molecular flexibility index (Phi) is 5.03. The van der Waals surface area contributed by atoms with Crippen LogP contribution in [0.4, 0.5) is 0 Å². The number of carboxylic acids is 1. The Balaban J connectivity index is 1.92. The smallest absolute Gasteiger partial charge is 0.335 e. The topological polar surface area (TPSA) is 63.6 Å². The van der Waals surface area contributed by atoms with E-state index in [0.717, 1.165) is 5.56 Å². The largest absolute Gasteiger partial charge is 0.478 e. The third kappa shape index (κ3) is 4.01. The second-order valence-corrected chi connectivity index (χ2v) is 5.53. The minimum absolute atomic E-state index is 0.0396. The zero-order valence-electron chi connectivity index (χ0n) is 10.7. The van der Waals surface area contributed by atoms with Crippen molar-refractivity contribution in [3.05, 3.63) is 65.7 Å². The molecule has 1 atom stereocenters. The maximum atomic E-state index is 12.0. The Hall–Kier alpha value is -1.98. The van der Waals surface area contributed by atoms with Crippen LogP contribution in [0.1, 0.15) is 15.9 Å². The minimum atomic E-state index is -1.37. The van der Waals surface area contributed by atoms with E-state index in [1.165, 1.54) is 12.1 Å². The van der Waals surface area contributed by atoms with Gasteiger partial charge in [-0.05, 0) is 23.8 Å². The first kappa shape index (κ1) is 14.4. The maximum Gasteiger partial charge on any atom is 0.335 e. The normalized spacial score (nSPS) is 12.0. The van der Waals surface area contributed by atoms with Gasteiger partial charge in [-0.1, -0.05) is 36.4 Å². The van der Waals surface area contributed by atoms with E-state index < -0.39 is 16.8 Å². The van der Waals surface area contributed by atoms with Crippen LogP contribution in [-0.4, -0.2) is 21.2 Å². The summed E-state index contributed by atoms with van der Waals surface area (Å²) in [5.74, 6) is -0.994. The first-order valence-electron chi connectivity index (χ1n) is 6.00. The second kappa shape index (κ2) is 6.98. The molecule has 0 spiro atoms. The van der Waals surface area contributed by atoms with Crippen LogP contribution < -0.4 is 0 Å². The fourth-order valence-electron chi connectivity index (χ4n) is 1.65. The van der Waals surface area contributed by atoms with Crippen molar-refractivity contribution in [2.45, 2.75) is 11.5 Å². The molecule has 1 N–H and O–H groups in total. The van der Waals surface area contributed by atoms with Gasteiger partial charge in [-0.3, -0.25) is 4.21 Å². The van der Waals surface area contributed by atoms with Crippen molar-refractivity contribution < 1.29 is 18.8 Å². The predicted octanol–water partition coefficient (Wildman–Crippen LogP) is 2.67. The van der Waals surface area contributed by atoms with E-state index in [9.17, 15) is 9.00 Å². The van der Waals surface area contributed by atoms with Crippen molar-refractivity contribution >= 4 is 16.8 Å². The summed E-state index contributed by atoms with van der Waals surface area (Å²) < 4.78 is 17.4. The van der Waals surface area contributed by atoms with Crippen LogP contribution in [0.15, 0.2) is 59.5 Å². The number of aromatic carboxylic acids is 1. The fraction of sp³-hybridized carbons (Fsp3) is 0.133. The molecule has 0 heterocycles. The molecule has 5 heteroatoms. The zero-order valence-corrected chi connectivity index (χ0v) is 11.5. The van der Waals surface area contributed by atoms with Gasteiger partial charge in [0.1, 0.15) is 5.94 Å². The van der Waals surface area contributed by atoms with E-state index in [1.54, 1.807) is 12.1 Å². The van der Waals surface area contributed by atoms with Gasteiger partial charge in [-0.25, -0.2) is 4.79 Å². The molecule has 0 saturated heterocycles. The number of hydrogen-bond donors (Lipinski definition) is 1. The summed E-state index contributed by atoms with van der Waals surface area (Å²) in [5.41, 5.74) is 1.13. The Labute approximate surface area is 119 Å². The van der Waals surface area contributed by atoms with Crippen LogP contribution in [0.25, 0.3) is 0 Å². The van der Waals surface area contributed by atoms with Gasteiger partial charge in [0.25, 0.3) is 0 Å². The molecular formula is C15H14O4S. The lowest BCUT2D eigenvalue weighted by molar-refractivity contribution is 0.0696. The van der Waals surface area contributed by atoms with E-state index in [2.05, 4.69) is 0 Å². The summed E-state index contributed by atoms with van der Waals surface area (Å²) in [4.78, 5) is 11.3. The van der Waals surface area contributed by atoms with Crippen molar-refractivity contribution in [2.75, 3.05) is 5.94 Å². The Morgan fingerprint density at radius 3 is 2.55 bits per heavy atom. The molecule has 0 aliphatic heterocycles. The lowest BCUT2D eigenvalue weighted by Crippen LogP contribution is -2.04. The van der Waals surface area contributed by atoms with Crippen LogP contribution in [-0.2, 0) is 22.1 Å². The second-order valence-electron chi connectivity index (χ2n) is 4.13. The first-order chi connectivity index (χ1) is 9.66. The number of ether oxygens (including phenoxy) is 1. The highest BCUT2D eigenvalue weighted by molar-refractivity contribution is 7.84. The summed E-state index contributed by atoms with van der Waals surface area (Å²) in [6.45, 7) is 0.380. The highest BCUT2D eigenvalue weighted by Gasteiger charge is 2.08. The van der Waals surface area contributed by atoms with Crippen LogP contribution in [0.5, 0.6) is 0 Å². The van der Waals surface area contributed by atoms with Crippen LogP contribution >= 0.6 is 0 Å². The van der Waals surface area contributed by atoms with E-state index in [4.69, 9.17) is 9.84 Å². The molecule has 4 nitrogen and oxygen atoms in total. The maximum absolute atomic E-state index is 12.0. The third-order valence-electron chi connectivity index (χ3n) is 2.65. The quantitative estimate of drug-likeness (QED) is 0.888. The average molecular weight is 290 g/mol. The van der Waals surface area contributed by atoms with Gasteiger partial charge < -0.3 is 9.84 Å². The van der Waals surface area contributed by atoms with Crippen molar-refractivity contribution in [3.63, 3.8) is 0 Å². The van der Waals surface area contributed by atoms with E-state index in [1.807, 2.05) is 30.3 Å². The van der Waals surface area contributed by atoms with Crippen molar-refractivity contribution in [3.8, 4) is 0 Å². The molecule has 0 radical (unpaired) electrons. The van der Waals surface area contributed by atoms with Gasteiger partial charge in [0.2, 0.25) is 0 Å². The molecule has 2 rings (SSSR count). The molecule has 20 heavy (non-hydrogen) atoms. The van der Waals surface area contributed by atoms with Gasteiger partial charge in [-0.2, -0.15) is 0 Å². The molecule has 0 amide bonds. The van der Waals surface area contributed by atoms with Gasteiger partial charge in [0.05, 0.1) is 23.0 Å². The summed E-state index contributed by atoms with van der Waals surface area (Å²) in [6.07, 6.45) is 0. The number of hydrogen-bond acceptors (Lipinski definition) is 3. The summed E-state index contributed by atoms with van der Waals surface area (Å²) >= 11 is 0. The highest BCUT2D eigenvalue weighted by Crippen LogP contribution is 2.11. The van der Waals surface area contributed by atoms with E-state index in [0.29, 0.717) is 11.5 Å². The summed E-state index contributed by atoms with van der Waals surface area (Å²) in [6, 6.07) is 15.7. The zero-order chi connectivity index (χ0) is 14.4. The van der Waals surface area contributed by atoms with E-state index in [-0.39, 0.29) is 11.5 Å². The van der Waals surface area contributed by atoms with Crippen molar-refractivity contribution in [1.29, 1.82) is 0 Å². The highest BCUT2D eigenvalue weighted by atomic mass is 32.2. The Bertz CT molecular complexity index is 610. The molecule has 2 aromatic carbocycles. The molecule has 0 saturated carbocycles. The molecule has 2 aromatic rings. The molecule has 0 aromatic heterocycles. The fourth-order valence-corrected chi connectivity index (χ4v) is 2.51. The van der Waals surface area contributed by atoms with Crippen molar-refractivity contribution in [2.24, 2.45) is 0 Å². The number of carboxylic acid groups (broad SMARTS) is 1. The standard InChI is InChI=1S/C15H14O4S/c16-15(17)13-7-4-8-14(9-13)20(18)11-19-10-12-5-2-1-3-6-12/h1-9H,10-11H2,(H,16,17). The van der Waals surface area contributed by atoms with Gasteiger partial charge in [-0.15, -0.1) is 0 Å². The Morgan fingerprint density at radius 2 is 1.85 bits per heavy atom. The number of rotatable bonds is 6. The molecule has 1 unspecified atom stereocenters. The Morgan fingerprint density at radius 1 is 1.10 bits per heavy atom. The molecule has 0 aliphatic carbocycles. The summed E-state index contributed by atoms with van der Waals surface area (Å²) in [5, 5.41) is 8.89. The minimum Gasteiger partial charge on any atom is -0.478 e. The van der Waals surface area contributed by atoms with Gasteiger partial charge >= 0.3 is 5.97 Å². The first-order valence-corrected chi connectivity index (χ1v) is 7.32. The van der Waals surface area contributed by atoms with Crippen LogP contribution in [0.2, 0.25) is 0 Å². The molecular weight excluding hydrogens is 276 g/mol. The SMILES string of the molecule is O=C(O)c1cccc(S(=O)COCc2ccccc2)c1. The van der Waals surface area contributed by atoms with Crippen molar-refractivity contribution in [1.82, 2.24) is 0 Å². The molecule has 0 fully saturated rings. The summed E-state index contributed by atoms with van der Waals surface area (Å²) in [7, 11) is -1.37. The number of benzene rings is 2. The van der Waals surface area contributed by atoms with Gasteiger partial charge in [0, 0.05) is 4.90 Å². The number of carbonyl (C=O) groups is 1. The molecule has 104 valence electrons. The third-order valence-corrected chi connectivity index (χ3v) is 3.81.